The summed E-state index contributed by atoms with van der Waals surface area (Å²) in [4.78, 5) is 17.2. The van der Waals surface area contributed by atoms with Gasteiger partial charge in [0.2, 0.25) is 0 Å². The number of fused-ring (bicyclic) bond motifs is 1. The van der Waals surface area contributed by atoms with E-state index < -0.39 is 0 Å². The lowest BCUT2D eigenvalue weighted by molar-refractivity contribution is 0.0952. The van der Waals surface area contributed by atoms with Crippen LogP contribution in [0.5, 0.6) is 17.2 Å². The number of nitrogens with two attached hydrogens (primary N) is 1. The molecule has 1 amide bonds. The highest BCUT2D eigenvalue weighted by Crippen LogP contribution is 2.34. The summed E-state index contributed by atoms with van der Waals surface area (Å²) in [7, 11) is 4.73. The molecule has 3 N–H and O–H groups in total. The molecule has 0 aliphatic carbocycles. The zero-order chi connectivity index (χ0) is 20.1. The summed E-state index contributed by atoms with van der Waals surface area (Å²) in [5, 5.41) is 4.40. The van der Waals surface area contributed by atoms with E-state index in [-0.39, 0.29) is 12.5 Å². The Morgan fingerprint density at radius 1 is 1.00 bits per heavy atom. The van der Waals surface area contributed by atoms with Crippen LogP contribution >= 0.6 is 0 Å². The van der Waals surface area contributed by atoms with Gasteiger partial charge in [0.05, 0.1) is 32.6 Å². The average Bonchev–Trinajstić information content (AvgIpc) is 2.75. The fraction of sp³-hybridized carbons (Fsp3) is 0.238. The van der Waals surface area contributed by atoms with Crippen LogP contribution in [0.25, 0.3) is 10.8 Å². The lowest BCUT2D eigenvalue weighted by Crippen LogP contribution is -2.23. The number of nitrogens with zero attached hydrogens (tertiary/aromatic N) is 1. The second-order valence-corrected chi connectivity index (χ2v) is 6.11. The summed E-state index contributed by atoms with van der Waals surface area (Å²) in [6.45, 7) is 0.635. The first-order valence-electron chi connectivity index (χ1n) is 8.76. The molecule has 0 atom stereocenters. The summed E-state index contributed by atoms with van der Waals surface area (Å²) in [5.74, 6) is 1.63. The summed E-state index contributed by atoms with van der Waals surface area (Å²) in [5.41, 5.74) is 7.91. The van der Waals surface area contributed by atoms with Crippen molar-refractivity contribution in [3.63, 3.8) is 0 Å². The van der Waals surface area contributed by atoms with Crippen LogP contribution in [0.4, 0.5) is 0 Å². The molecule has 2 aromatic carbocycles. The molecule has 0 aliphatic rings. The smallest absolute Gasteiger partial charge is 0.253 e. The van der Waals surface area contributed by atoms with E-state index in [4.69, 9.17) is 19.9 Å². The largest absolute Gasteiger partial charge is 0.497 e. The van der Waals surface area contributed by atoms with Gasteiger partial charge in [-0.3, -0.25) is 9.78 Å². The number of ether oxygens (including phenoxy) is 3. The van der Waals surface area contributed by atoms with E-state index in [0.29, 0.717) is 34.7 Å². The first-order valence-corrected chi connectivity index (χ1v) is 8.76. The van der Waals surface area contributed by atoms with Gasteiger partial charge in [0.1, 0.15) is 5.75 Å². The van der Waals surface area contributed by atoms with E-state index in [2.05, 4.69) is 10.3 Å². The Hall–Kier alpha value is -3.32. The van der Waals surface area contributed by atoms with Crippen LogP contribution < -0.4 is 25.3 Å². The van der Waals surface area contributed by atoms with E-state index >= 15 is 0 Å². The minimum atomic E-state index is -0.232. The van der Waals surface area contributed by atoms with Gasteiger partial charge in [0, 0.05) is 30.1 Å². The van der Waals surface area contributed by atoms with Crippen LogP contribution in [0, 0.1) is 0 Å². The van der Waals surface area contributed by atoms with Crippen molar-refractivity contribution in [1.29, 1.82) is 0 Å². The minimum absolute atomic E-state index is 0.232. The number of aromatic nitrogens is 1. The highest BCUT2D eigenvalue weighted by Gasteiger charge is 2.17. The molecule has 0 unspecified atom stereocenters. The van der Waals surface area contributed by atoms with Crippen LogP contribution in [0.3, 0.4) is 0 Å². The number of carbonyl (C=O) groups is 1. The third kappa shape index (κ3) is 3.84. The van der Waals surface area contributed by atoms with Gasteiger partial charge >= 0.3 is 0 Å². The van der Waals surface area contributed by atoms with Gasteiger partial charge in [-0.25, -0.2) is 0 Å². The van der Waals surface area contributed by atoms with Gasteiger partial charge in [-0.1, -0.05) is 12.1 Å². The fourth-order valence-corrected chi connectivity index (χ4v) is 2.99. The predicted molar refractivity (Wildman–Crippen MR) is 107 cm³/mol. The molecule has 3 rings (SSSR count). The summed E-state index contributed by atoms with van der Waals surface area (Å²) < 4.78 is 15.9. The molecule has 7 heteroatoms. The zero-order valence-electron chi connectivity index (χ0n) is 16.1. The van der Waals surface area contributed by atoms with Gasteiger partial charge in [-0.2, -0.15) is 0 Å². The lowest BCUT2D eigenvalue weighted by Gasteiger charge is -2.14. The highest BCUT2D eigenvalue weighted by molar-refractivity contribution is 6.08. The molecular formula is C21H23N3O4. The number of rotatable bonds is 7. The second kappa shape index (κ2) is 8.58. The van der Waals surface area contributed by atoms with Gasteiger partial charge in [0.15, 0.2) is 11.5 Å². The molecule has 28 heavy (non-hydrogen) atoms. The molecule has 0 fully saturated rings. The Bertz CT molecular complexity index is 987. The summed E-state index contributed by atoms with van der Waals surface area (Å²) >= 11 is 0. The predicted octanol–water partition coefficient (Wildman–Crippen LogP) is 2.65. The van der Waals surface area contributed by atoms with Crippen molar-refractivity contribution in [2.45, 2.75) is 13.1 Å². The molecule has 1 heterocycles. The Morgan fingerprint density at radius 3 is 2.21 bits per heavy atom. The maximum absolute atomic E-state index is 12.8. The first-order chi connectivity index (χ1) is 13.6. The van der Waals surface area contributed by atoms with E-state index in [1.807, 2.05) is 24.3 Å². The fourth-order valence-electron chi connectivity index (χ4n) is 2.99. The normalized spacial score (nSPS) is 10.6. The van der Waals surface area contributed by atoms with Gasteiger partial charge in [0.25, 0.3) is 5.91 Å². The Balaban J connectivity index is 1.93. The number of benzene rings is 2. The average molecular weight is 381 g/mol. The molecule has 0 radical (unpaired) electrons. The van der Waals surface area contributed by atoms with Gasteiger partial charge in [-0.15, -0.1) is 0 Å². The SMILES string of the molecule is COc1ccc(CNC(=O)c2cnc(CN)c3cc(OC)c(OC)cc23)cc1. The Labute approximate surface area is 163 Å². The molecule has 3 aromatic rings. The summed E-state index contributed by atoms with van der Waals surface area (Å²) in [6, 6.07) is 11.1. The number of hydrogen-bond donors (Lipinski definition) is 2. The number of pyridine rings is 1. The van der Waals surface area contributed by atoms with Crippen molar-refractivity contribution in [2.75, 3.05) is 21.3 Å². The Kier molecular flexibility index (Phi) is 5.96. The van der Waals surface area contributed by atoms with Crippen LogP contribution in [0.1, 0.15) is 21.6 Å². The maximum atomic E-state index is 12.8. The van der Waals surface area contributed by atoms with Gasteiger partial charge in [-0.05, 0) is 29.8 Å². The minimum Gasteiger partial charge on any atom is -0.497 e. The van der Waals surface area contributed by atoms with E-state index in [1.165, 1.54) is 0 Å². The molecule has 7 nitrogen and oxygen atoms in total. The molecule has 0 spiro atoms. The molecule has 0 bridgehead atoms. The number of methoxy groups -OCH3 is 3. The van der Waals surface area contributed by atoms with Crippen LogP contribution in [0.2, 0.25) is 0 Å². The molecule has 0 saturated heterocycles. The van der Waals surface area contributed by atoms with Crippen molar-refractivity contribution in [1.82, 2.24) is 10.3 Å². The van der Waals surface area contributed by atoms with E-state index in [1.54, 1.807) is 39.7 Å². The zero-order valence-corrected chi connectivity index (χ0v) is 16.1. The molecule has 1 aromatic heterocycles. The molecule has 0 aliphatic heterocycles. The number of nitrogens with one attached hydrogen (secondary N) is 1. The van der Waals surface area contributed by atoms with Crippen molar-refractivity contribution in [2.24, 2.45) is 5.73 Å². The standard InChI is InChI=1S/C21H23N3O4/c1-26-14-6-4-13(5-7-14)11-24-21(25)17-12-23-18(10-22)16-9-20(28-3)19(27-2)8-15(16)17/h4-9,12H,10-11,22H2,1-3H3,(H,24,25). The van der Waals surface area contributed by atoms with Crippen molar-refractivity contribution < 1.29 is 19.0 Å². The number of carbonyl (C=O) groups excluding carboxylic acids is 1. The number of amides is 1. The Morgan fingerprint density at radius 2 is 1.64 bits per heavy atom. The van der Waals surface area contributed by atoms with Crippen molar-refractivity contribution in [3.05, 3.63) is 59.4 Å². The lowest BCUT2D eigenvalue weighted by atomic mass is 10.0. The van der Waals surface area contributed by atoms with Crippen LogP contribution in [-0.2, 0) is 13.1 Å². The van der Waals surface area contributed by atoms with E-state index in [9.17, 15) is 4.79 Å². The van der Waals surface area contributed by atoms with E-state index in [0.717, 1.165) is 16.7 Å². The molecule has 146 valence electrons. The van der Waals surface area contributed by atoms with Crippen molar-refractivity contribution >= 4 is 16.7 Å². The third-order valence-corrected chi connectivity index (χ3v) is 4.52. The molecular weight excluding hydrogens is 358 g/mol. The third-order valence-electron chi connectivity index (χ3n) is 4.52. The monoisotopic (exact) mass is 381 g/mol. The van der Waals surface area contributed by atoms with Crippen LogP contribution in [0.15, 0.2) is 42.6 Å². The topological polar surface area (TPSA) is 95.7 Å². The maximum Gasteiger partial charge on any atom is 0.253 e. The summed E-state index contributed by atoms with van der Waals surface area (Å²) in [6.07, 6.45) is 1.54. The van der Waals surface area contributed by atoms with Gasteiger partial charge < -0.3 is 25.3 Å². The van der Waals surface area contributed by atoms with Crippen molar-refractivity contribution in [3.8, 4) is 17.2 Å². The number of hydrogen-bond acceptors (Lipinski definition) is 6. The first kappa shape index (κ1) is 19.4. The molecule has 0 saturated carbocycles. The second-order valence-electron chi connectivity index (χ2n) is 6.11. The quantitative estimate of drug-likeness (QED) is 0.653. The van der Waals surface area contributed by atoms with Crippen LogP contribution in [-0.4, -0.2) is 32.2 Å². The highest BCUT2D eigenvalue weighted by atomic mass is 16.5.